The SMILES string of the molecule is CCc1noc(CC)c1CNC(=NC)NCCSCc1ccc(C)cc1.I. The first-order valence-corrected chi connectivity index (χ1v) is 10.4. The summed E-state index contributed by atoms with van der Waals surface area (Å²) in [6.07, 6.45) is 1.73. The van der Waals surface area contributed by atoms with Gasteiger partial charge in [-0.05, 0) is 18.9 Å². The van der Waals surface area contributed by atoms with Gasteiger partial charge < -0.3 is 15.2 Å². The Morgan fingerprint density at radius 2 is 1.89 bits per heavy atom. The van der Waals surface area contributed by atoms with Crippen molar-refractivity contribution in [3.8, 4) is 0 Å². The van der Waals surface area contributed by atoms with Crippen molar-refractivity contribution in [3.05, 3.63) is 52.4 Å². The Bertz CT molecular complexity index is 679. The lowest BCUT2D eigenvalue weighted by Crippen LogP contribution is -2.38. The summed E-state index contributed by atoms with van der Waals surface area (Å²) in [5, 5.41) is 10.9. The molecule has 0 aliphatic heterocycles. The molecule has 1 heterocycles. The number of aliphatic imine (C=N–C) groups is 1. The van der Waals surface area contributed by atoms with Gasteiger partial charge >= 0.3 is 0 Å². The minimum atomic E-state index is 0. The van der Waals surface area contributed by atoms with Crippen molar-refractivity contribution >= 4 is 41.7 Å². The molecule has 2 aromatic rings. The van der Waals surface area contributed by atoms with E-state index in [9.17, 15) is 0 Å². The molecule has 5 nitrogen and oxygen atoms in total. The third kappa shape index (κ3) is 7.73. The topological polar surface area (TPSA) is 62.5 Å². The second kappa shape index (κ2) is 13.0. The minimum absolute atomic E-state index is 0. The van der Waals surface area contributed by atoms with Crippen LogP contribution in [-0.2, 0) is 25.1 Å². The van der Waals surface area contributed by atoms with Crippen molar-refractivity contribution in [2.75, 3.05) is 19.3 Å². The Kier molecular flexibility index (Phi) is 11.5. The molecule has 0 aliphatic carbocycles. The summed E-state index contributed by atoms with van der Waals surface area (Å²) in [7, 11) is 1.80. The van der Waals surface area contributed by atoms with E-state index in [1.54, 1.807) is 7.05 Å². The monoisotopic (exact) mass is 502 g/mol. The molecule has 1 aromatic heterocycles. The second-order valence-corrected chi connectivity index (χ2v) is 7.23. The van der Waals surface area contributed by atoms with Crippen LogP contribution in [0, 0.1) is 6.92 Å². The number of aromatic nitrogens is 1. The summed E-state index contributed by atoms with van der Waals surface area (Å²) < 4.78 is 5.41. The molecule has 0 aliphatic rings. The standard InChI is InChI=1S/C20H30N4OS.HI/c1-5-18-17(19(6-2)25-24-18)13-23-20(21-4)22-11-12-26-14-16-9-7-15(3)8-10-16;/h7-10H,5-6,11-14H2,1-4H3,(H2,21,22,23);1H. The van der Waals surface area contributed by atoms with E-state index in [1.807, 2.05) is 11.8 Å². The van der Waals surface area contributed by atoms with E-state index < -0.39 is 0 Å². The van der Waals surface area contributed by atoms with Crippen LogP contribution in [0.15, 0.2) is 33.8 Å². The number of hydrogen-bond donors (Lipinski definition) is 2. The summed E-state index contributed by atoms with van der Waals surface area (Å²) >= 11 is 1.92. The predicted molar refractivity (Wildman–Crippen MR) is 126 cm³/mol. The van der Waals surface area contributed by atoms with Gasteiger partial charge in [0.25, 0.3) is 0 Å². The molecule has 27 heavy (non-hydrogen) atoms. The summed E-state index contributed by atoms with van der Waals surface area (Å²) in [4.78, 5) is 4.30. The Morgan fingerprint density at radius 3 is 2.52 bits per heavy atom. The molecule has 0 radical (unpaired) electrons. The lowest BCUT2D eigenvalue weighted by atomic mass is 10.1. The van der Waals surface area contributed by atoms with E-state index in [-0.39, 0.29) is 24.0 Å². The maximum Gasteiger partial charge on any atom is 0.191 e. The first kappa shape index (κ1) is 23.8. The first-order chi connectivity index (χ1) is 12.7. The molecule has 0 saturated carbocycles. The van der Waals surface area contributed by atoms with Crippen LogP contribution in [0.3, 0.4) is 0 Å². The fourth-order valence-electron chi connectivity index (χ4n) is 2.65. The third-order valence-corrected chi connectivity index (χ3v) is 5.22. The Hall–Kier alpha value is -1.22. The van der Waals surface area contributed by atoms with Gasteiger partial charge in [-0.15, -0.1) is 24.0 Å². The van der Waals surface area contributed by atoms with Crippen LogP contribution in [0.4, 0.5) is 0 Å². The van der Waals surface area contributed by atoms with E-state index in [0.29, 0.717) is 6.54 Å². The maximum absolute atomic E-state index is 5.41. The van der Waals surface area contributed by atoms with Crippen molar-refractivity contribution in [2.45, 2.75) is 45.9 Å². The van der Waals surface area contributed by atoms with Crippen LogP contribution in [0.25, 0.3) is 0 Å². The fraction of sp³-hybridized carbons (Fsp3) is 0.500. The summed E-state index contributed by atoms with van der Waals surface area (Å²) in [5.41, 5.74) is 4.86. The summed E-state index contributed by atoms with van der Waals surface area (Å²) in [6.45, 7) is 7.86. The zero-order valence-electron chi connectivity index (χ0n) is 16.7. The third-order valence-electron chi connectivity index (χ3n) is 4.19. The van der Waals surface area contributed by atoms with Gasteiger partial charge in [-0.1, -0.05) is 48.8 Å². The summed E-state index contributed by atoms with van der Waals surface area (Å²) in [6, 6.07) is 8.73. The van der Waals surface area contributed by atoms with Crippen LogP contribution in [0.5, 0.6) is 0 Å². The number of thioether (sulfide) groups is 1. The molecule has 7 heteroatoms. The van der Waals surface area contributed by atoms with Gasteiger partial charge in [0.1, 0.15) is 5.76 Å². The van der Waals surface area contributed by atoms with E-state index in [1.165, 1.54) is 11.1 Å². The zero-order chi connectivity index (χ0) is 18.8. The molecule has 2 rings (SSSR count). The lowest BCUT2D eigenvalue weighted by molar-refractivity contribution is 0.380. The van der Waals surface area contributed by atoms with Crippen molar-refractivity contribution < 1.29 is 4.52 Å². The maximum atomic E-state index is 5.41. The van der Waals surface area contributed by atoms with Gasteiger partial charge in [0, 0.05) is 43.6 Å². The number of hydrogen-bond acceptors (Lipinski definition) is 4. The van der Waals surface area contributed by atoms with E-state index in [0.717, 1.165) is 53.9 Å². The van der Waals surface area contributed by atoms with E-state index in [2.05, 4.69) is 65.8 Å². The largest absolute Gasteiger partial charge is 0.361 e. The van der Waals surface area contributed by atoms with Gasteiger partial charge in [-0.2, -0.15) is 11.8 Å². The molecule has 0 amide bonds. The molecule has 0 spiro atoms. The molecule has 2 N–H and O–H groups in total. The highest BCUT2D eigenvalue weighted by Gasteiger charge is 2.13. The Balaban J connectivity index is 0.00000364. The quantitative estimate of drug-likeness (QED) is 0.232. The molecule has 0 unspecified atom stereocenters. The van der Waals surface area contributed by atoms with Crippen molar-refractivity contribution in [3.63, 3.8) is 0 Å². The highest BCUT2D eigenvalue weighted by molar-refractivity contribution is 14.0. The first-order valence-electron chi connectivity index (χ1n) is 9.22. The number of halogens is 1. The van der Waals surface area contributed by atoms with Crippen LogP contribution in [-0.4, -0.2) is 30.5 Å². The molecular weight excluding hydrogens is 471 g/mol. The molecule has 0 saturated heterocycles. The van der Waals surface area contributed by atoms with Gasteiger partial charge in [-0.3, -0.25) is 4.99 Å². The highest BCUT2D eigenvalue weighted by Crippen LogP contribution is 2.15. The molecule has 0 bridgehead atoms. The van der Waals surface area contributed by atoms with E-state index in [4.69, 9.17) is 4.52 Å². The lowest BCUT2D eigenvalue weighted by Gasteiger charge is -2.12. The number of guanidine groups is 1. The van der Waals surface area contributed by atoms with Gasteiger partial charge in [0.05, 0.1) is 5.69 Å². The van der Waals surface area contributed by atoms with Gasteiger partial charge in [0.15, 0.2) is 5.96 Å². The normalized spacial score (nSPS) is 11.2. The van der Waals surface area contributed by atoms with Crippen molar-refractivity contribution in [2.24, 2.45) is 4.99 Å². The Labute approximate surface area is 184 Å². The molecule has 150 valence electrons. The average molecular weight is 502 g/mol. The second-order valence-electron chi connectivity index (χ2n) is 6.13. The Morgan fingerprint density at radius 1 is 1.15 bits per heavy atom. The van der Waals surface area contributed by atoms with Crippen LogP contribution in [0.1, 0.15) is 42.0 Å². The molecule has 0 atom stereocenters. The summed E-state index contributed by atoms with van der Waals surface area (Å²) in [5.74, 6) is 3.83. The smallest absolute Gasteiger partial charge is 0.191 e. The predicted octanol–water partition coefficient (Wildman–Crippen LogP) is 4.32. The number of rotatable bonds is 9. The number of aryl methyl sites for hydroxylation is 3. The average Bonchev–Trinajstić information content (AvgIpc) is 3.07. The number of nitrogens with one attached hydrogen (secondary N) is 2. The van der Waals surface area contributed by atoms with Gasteiger partial charge in [-0.25, -0.2) is 0 Å². The van der Waals surface area contributed by atoms with Crippen LogP contribution < -0.4 is 10.6 Å². The molecular formula is C20H31IN4OS. The molecule has 1 aromatic carbocycles. The van der Waals surface area contributed by atoms with Crippen molar-refractivity contribution in [1.82, 2.24) is 15.8 Å². The van der Waals surface area contributed by atoms with E-state index >= 15 is 0 Å². The fourth-order valence-corrected chi connectivity index (χ4v) is 3.47. The number of benzene rings is 1. The molecule has 0 fully saturated rings. The van der Waals surface area contributed by atoms with Gasteiger partial charge in [0.2, 0.25) is 0 Å². The van der Waals surface area contributed by atoms with Crippen LogP contribution in [0.2, 0.25) is 0 Å². The zero-order valence-corrected chi connectivity index (χ0v) is 19.8. The van der Waals surface area contributed by atoms with Crippen LogP contribution >= 0.6 is 35.7 Å². The highest BCUT2D eigenvalue weighted by atomic mass is 127. The van der Waals surface area contributed by atoms with Crippen molar-refractivity contribution in [1.29, 1.82) is 0 Å². The minimum Gasteiger partial charge on any atom is -0.361 e. The number of nitrogens with zero attached hydrogens (tertiary/aromatic N) is 2.